The summed E-state index contributed by atoms with van der Waals surface area (Å²) in [4.78, 5) is 2.31. The Bertz CT molecular complexity index is 386. The summed E-state index contributed by atoms with van der Waals surface area (Å²) in [6.07, 6.45) is 3.50. The van der Waals surface area contributed by atoms with Crippen molar-refractivity contribution in [2.75, 3.05) is 24.5 Å². The molecule has 1 aromatic rings. The molecular formula is C15H23FN2. The van der Waals surface area contributed by atoms with Gasteiger partial charge in [0, 0.05) is 30.4 Å². The summed E-state index contributed by atoms with van der Waals surface area (Å²) in [6, 6.07) is 5.51. The molecule has 1 unspecified atom stereocenters. The number of hydrogen-bond acceptors (Lipinski definition) is 2. The topological polar surface area (TPSA) is 15.3 Å². The predicted octanol–water partition coefficient (Wildman–Crippen LogP) is 3.49. The van der Waals surface area contributed by atoms with Gasteiger partial charge in [-0.05, 0) is 44.9 Å². The molecule has 3 heteroatoms. The number of nitrogens with one attached hydrogen (secondary N) is 1. The van der Waals surface area contributed by atoms with Crippen molar-refractivity contribution in [1.29, 1.82) is 0 Å². The van der Waals surface area contributed by atoms with Crippen molar-refractivity contribution in [2.24, 2.45) is 0 Å². The second-order valence-corrected chi connectivity index (χ2v) is 5.04. The van der Waals surface area contributed by atoms with E-state index in [-0.39, 0.29) is 11.9 Å². The Morgan fingerprint density at radius 3 is 2.72 bits per heavy atom. The molecule has 1 fully saturated rings. The summed E-state index contributed by atoms with van der Waals surface area (Å²) in [5, 5.41) is 3.39. The van der Waals surface area contributed by atoms with Crippen molar-refractivity contribution in [2.45, 2.75) is 39.2 Å². The van der Waals surface area contributed by atoms with Crippen molar-refractivity contribution < 1.29 is 4.39 Å². The maximum Gasteiger partial charge on any atom is 0.130 e. The number of rotatable bonds is 5. The van der Waals surface area contributed by atoms with Gasteiger partial charge in [-0.3, -0.25) is 0 Å². The van der Waals surface area contributed by atoms with Gasteiger partial charge in [-0.2, -0.15) is 0 Å². The first-order valence-electron chi connectivity index (χ1n) is 7.00. The number of anilines is 1. The van der Waals surface area contributed by atoms with Crippen LogP contribution in [-0.2, 0) is 0 Å². The molecule has 1 aliphatic heterocycles. The molecule has 1 atom stereocenters. The highest BCUT2D eigenvalue weighted by molar-refractivity contribution is 5.56. The van der Waals surface area contributed by atoms with Crippen LogP contribution in [0.5, 0.6) is 0 Å². The Labute approximate surface area is 109 Å². The number of hydrogen-bond donors (Lipinski definition) is 1. The van der Waals surface area contributed by atoms with E-state index in [0.717, 1.165) is 37.3 Å². The molecule has 2 rings (SSSR count). The number of halogens is 1. The summed E-state index contributed by atoms with van der Waals surface area (Å²) in [5.41, 5.74) is 1.90. The van der Waals surface area contributed by atoms with Gasteiger partial charge in [-0.1, -0.05) is 13.0 Å². The van der Waals surface area contributed by atoms with Gasteiger partial charge in [0.1, 0.15) is 5.82 Å². The van der Waals surface area contributed by atoms with E-state index in [0.29, 0.717) is 0 Å². The van der Waals surface area contributed by atoms with Gasteiger partial charge >= 0.3 is 0 Å². The third-order valence-electron chi connectivity index (χ3n) is 3.61. The van der Waals surface area contributed by atoms with Crippen molar-refractivity contribution in [3.8, 4) is 0 Å². The zero-order chi connectivity index (χ0) is 13.0. The van der Waals surface area contributed by atoms with E-state index in [1.807, 2.05) is 19.1 Å². The Morgan fingerprint density at radius 1 is 1.33 bits per heavy atom. The second kappa shape index (κ2) is 6.19. The highest BCUT2D eigenvalue weighted by Gasteiger charge is 2.21. The SMILES string of the molecule is CCCNC(C)c1c(F)cccc1N1CCCC1. The molecule has 1 aromatic carbocycles. The molecule has 100 valence electrons. The normalized spacial score (nSPS) is 17.2. The zero-order valence-electron chi connectivity index (χ0n) is 11.4. The van der Waals surface area contributed by atoms with Crippen LogP contribution in [0.4, 0.5) is 10.1 Å². The van der Waals surface area contributed by atoms with E-state index < -0.39 is 0 Å². The molecule has 1 saturated heterocycles. The summed E-state index contributed by atoms with van der Waals surface area (Å²) >= 11 is 0. The van der Waals surface area contributed by atoms with Crippen LogP contribution in [0.25, 0.3) is 0 Å². The minimum absolute atomic E-state index is 0.0711. The van der Waals surface area contributed by atoms with Gasteiger partial charge in [0.15, 0.2) is 0 Å². The van der Waals surface area contributed by atoms with Crippen molar-refractivity contribution in [3.63, 3.8) is 0 Å². The molecule has 1 heterocycles. The van der Waals surface area contributed by atoms with Gasteiger partial charge < -0.3 is 10.2 Å². The van der Waals surface area contributed by atoms with Gasteiger partial charge in [0.05, 0.1) is 0 Å². The van der Waals surface area contributed by atoms with Crippen LogP contribution in [0.2, 0.25) is 0 Å². The summed E-state index contributed by atoms with van der Waals surface area (Å²) in [6.45, 7) is 7.21. The maximum absolute atomic E-state index is 14.1. The molecule has 0 aliphatic carbocycles. The highest BCUT2D eigenvalue weighted by atomic mass is 19.1. The lowest BCUT2D eigenvalue weighted by Gasteiger charge is -2.25. The molecule has 0 bridgehead atoms. The third-order valence-corrected chi connectivity index (χ3v) is 3.61. The maximum atomic E-state index is 14.1. The Hall–Kier alpha value is -1.09. The van der Waals surface area contributed by atoms with E-state index in [1.54, 1.807) is 6.07 Å². The number of benzene rings is 1. The number of nitrogens with zero attached hydrogens (tertiary/aromatic N) is 1. The molecular weight excluding hydrogens is 227 g/mol. The first-order valence-corrected chi connectivity index (χ1v) is 7.00. The lowest BCUT2D eigenvalue weighted by atomic mass is 10.0. The fraction of sp³-hybridized carbons (Fsp3) is 0.600. The van der Waals surface area contributed by atoms with Crippen LogP contribution in [0, 0.1) is 5.82 Å². The van der Waals surface area contributed by atoms with Crippen LogP contribution in [0.1, 0.15) is 44.7 Å². The monoisotopic (exact) mass is 250 g/mol. The quantitative estimate of drug-likeness (QED) is 0.860. The molecule has 0 amide bonds. The average Bonchev–Trinajstić information content (AvgIpc) is 2.89. The first-order chi connectivity index (χ1) is 8.74. The van der Waals surface area contributed by atoms with Crippen LogP contribution < -0.4 is 10.2 Å². The molecule has 18 heavy (non-hydrogen) atoms. The average molecular weight is 250 g/mol. The summed E-state index contributed by atoms with van der Waals surface area (Å²) < 4.78 is 14.1. The highest BCUT2D eigenvalue weighted by Crippen LogP contribution is 2.31. The van der Waals surface area contributed by atoms with E-state index in [1.165, 1.54) is 12.8 Å². The van der Waals surface area contributed by atoms with E-state index in [4.69, 9.17) is 0 Å². The summed E-state index contributed by atoms with van der Waals surface area (Å²) in [7, 11) is 0. The second-order valence-electron chi connectivity index (χ2n) is 5.04. The van der Waals surface area contributed by atoms with Crippen LogP contribution >= 0.6 is 0 Å². The molecule has 2 nitrogen and oxygen atoms in total. The first kappa shape index (κ1) is 13.3. The smallest absolute Gasteiger partial charge is 0.130 e. The Kier molecular flexibility index (Phi) is 4.59. The lowest BCUT2D eigenvalue weighted by Crippen LogP contribution is -2.25. The molecule has 0 saturated carbocycles. The fourth-order valence-electron chi connectivity index (χ4n) is 2.65. The van der Waals surface area contributed by atoms with Gasteiger partial charge in [0.25, 0.3) is 0 Å². The zero-order valence-corrected chi connectivity index (χ0v) is 11.4. The standard InChI is InChI=1S/C15H23FN2/c1-3-9-17-12(2)15-13(16)7-6-8-14(15)18-10-4-5-11-18/h6-8,12,17H,3-5,9-11H2,1-2H3. The minimum Gasteiger partial charge on any atom is -0.371 e. The largest absolute Gasteiger partial charge is 0.371 e. The molecule has 0 radical (unpaired) electrons. The van der Waals surface area contributed by atoms with E-state index in [2.05, 4.69) is 17.1 Å². The van der Waals surface area contributed by atoms with E-state index in [9.17, 15) is 4.39 Å². The molecule has 1 aliphatic rings. The van der Waals surface area contributed by atoms with Crippen LogP contribution in [0.15, 0.2) is 18.2 Å². The van der Waals surface area contributed by atoms with Crippen molar-refractivity contribution in [1.82, 2.24) is 5.32 Å². The predicted molar refractivity (Wildman–Crippen MR) is 74.6 cm³/mol. The van der Waals surface area contributed by atoms with Crippen LogP contribution in [0.3, 0.4) is 0 Å². The van der Waals surface area contributed by atoms with Crippen molar-refractivity contribution in [3.05, 3.63) is 29.6 Å². The summed E-state index contributed by atoms with van der Waals surface area (Å²) in [5.74, 6) is -0.0875. The fourth-order valence-corrected chi connectivity index (χ4v) is 2.65. The van der Waals surface area contributed by atoms with E-state index >= 15 is 0 Å². The lowest BCUT2D eigenvalue weighted by molar-refractivity contribution is 0.527. The van der Waals surface area contributed by atoms with Gasteiger partial charge in [-0.25, -0.2) is 4.39 Å². The van der Waals surface area contributed by atoms with Gasteiger partial charge in [-0.15, -0.1) is 0 Å². The Balaban J connectivity index is 2.25. The van der Waals surface area contributed by atoms with Crippen molar-refractivity contribution >= 4 is 5.69 Å². The van der Waals surface area contributed by atoms with Gasteiger partial charge in [0.2, 0.25) is 0 Å². The Morgan fingerprint density at radius 2 is 2.06 bits per heavy atom. The molecule has 0 aromatic heterocycles. The third kappa shape index (κ3) is 2.83. The van der Waals surface area contributed by atoms with Crippen LogP contribution in [-0.4, -0.2) is 19.6 Å². The minimum atomic E-state index is -0.0875. The molecule has 1 N–H and O–H groups in total. The molecule has 0 spiro atoms.